The zero-order valence-corrected chi connectivity index (χ0v) is 16.4. The van der Waals surface area contributed by atoms with Crippen molar-refractivity contribution in [3.8, 4) is 0 Å². The molecule has 0 fully saturated rings. The van der Waals surface area contributed by atoms with E-state index in [1.165, 1.54) is 19.1 Å². The van der Waals surface area contributed by atoms with Crippen LogP contribution in [0.5, 0.6) is 0 Å². The van der Waals surface area contributed by atoms with Gasteiger partial charge in [0.25, 0.3) is 5.91 Å². The molecule has 6 nitrogen and oxygen atoms in total. The van der Waals surface area contributed by atoms with Gasteiger partial charge in [-0.05, 0) is 48.7 Å². The zero-order valence-electron chi connectivity index (χ0n) is 15.6. The molecule has 0 aliphatic rings. The van der Waals surface area contributed by atoms with E-state index in [-0.39, 0.29) is 11.3 Å². The maximum atomic E-state index is 12.2. The van der Waals surface area contributed by atoms with E-state index in [2.05, 4.69) is 5.32 Å². The molecule has 0 aliphatic carbocycles. The first-order valence-corrected chi connectivity index (χ1v) is 10.6. The molecule has 0 spiro atoms. The van der Waals surface area contributed by atoms with E-state index in [1.54, 1.807) is 24.3 Å². The lowest BCUT2D eigenvalue weighted by atomic mass is 10.1. The molecule has 0 saturated heterocycles. The Morgan fingerprint density at radius 2 is 1.56 bits per heavy atom. The molecule has 0 heterocycles. The van der Waals surface area contributed by atoms with E-state index in [4.69, 9.17) is 4.74 Å². The van der Waals surface area contributed by atoms with Gasteiger partial charge in [0.2, 0.25) is 0 Å². The normalized spacial score (nSPS) is 12.3. The number of carbonyl (C=O) groups excluding carboxylic acids is 2. The number of benzene rings is 2. The van der Waals surface area contributed by atoms with Crippen molar-refractivity contribution in [1.82, 2.24) is 0 Å². The summed E-state index contributed by atoms with van der Waals surface area (Å²) in [6, 6.07) is 13.5. The van der Waals surface area contributed by atoms with Crippen LogP contribution in [0.15, 0.2) is 48.5 Å². The number of rotatable bonds is 7. The average molecular weight is 389 g/mol. The Kier molecular flexibility index (Phi) is 6.74. The van der Waals surface area contributed by atoms with Gasteiger partial charge in [0.05, 0.1) is 11.3 Å². The number of sulfone groups is 1. The SMILES string of the molecule is CCc1ccc(NC(=O)C(C)OC(=O)c2ccc(CS(C)(=O)=O)cc2)cc1. The van der Waals surface area contributed by atoms with E-state index in [0.29, 0.717) is 11.3 Å². The van der Waals surface area contributed by atoms with Crippen molar-refractivity contribution >= 4 is 27.4 Å². The van der Waals surface area contributed by atoms with Crippen LogP contribution in [0, 0.1) is 0 Å². The molecule has 1 N–H and O–H groups in total. The van der Waals surface area contributed by atoms with Crippen molar-refractivity contribution < 1.29 is 22.7 Å². The molecular formula is C20H23NO5S. The largest absolute Gasteiger partial charge is 0.449 e. The minimum Gasteiger partial charge on any atom is -0.449 e. The fourth-order valence-electron chi connectivity index (χ4n) is 2.39. The number of hydrogen-bond donors (Lipinski definition) is 1. The summed E-state index contributed by atoms with van der Waals surface area (Å²) in [4.78, 5) is 24.4. The summed E-state index contributed by atoms with van der Waals surface area (Å²) in [5, 5.41) is 2.70. The fourth-order valence-corrected chi connectivity index (χ4v) is 3.19. The van der Waals surface area contributed by atoms with Crippen molar-refractivity contribution in [3.63, 3.8) is 0 Å². The molecule has 0 saturated carbocycles. The van der Waals surface area contributed by atoms with Crippen LogP contribution in [-0.4, -0.2) is 32.7 Å². The van der Waals surface area contributed by atoms with Gasteiger partial charge in [0.1, 0.15) is 0 Å². The van der Waals surface area contributed by atoms with Crippen molar-refractivity contribution in [2.75, 3.05) is 11.6 Å². The van der Waals surface area contributed by atoms with Gasteiger partial charge in [-0.2, -0.15) is 0 Å². The summed E-state index contributed by atoms with van der Waals surface area (Å²) in [7, 11) is -3.14. The Hall–Kier alpha value is -2.67. The van der Waals surface area contributed by atoms with Crippen LogP contribution < -0.4 is 5.32 Å². The Bertz CT molecular complexity index is 902. The lowest BCUT2D eigenvalue weighted by molar-refractivity contribution is -0.123. The number of aryl methyl sites for hydroxylation is 1. The summed E-state index contributed by atoms with van der Waals surface area (Å²) < 4.78 is 27.8. The standard InChI is InChI=1S/C20H23NO5S/c1-4-15-7-11-18(12-8-15)21-19(22)14(2)26-20(23)17-9-5-16(6-10-17)13-27(3,24)25/h5-12,14H,4,13H2,1-3H3,(H,21,22). The molecule has 7 heteroatoms. The third kappa shape index (κ3) is 6.53. The minimum absolute atomic E-state index is 0.0992. The molecule has 0 aliphatic heterocycles. The van der Waals surface area contributed by atoms with Crippen molar-refractivity contribution in [3.05, 3.63) is 65.2 Å². The van der Waals surface area contributed by atoms with Crippen LogP contribution >= 0.6 is 0 Å². The summed E-state index contributed by atoms with van der Waals surface area (Å²) in [5.41, 5.74) is 2.62. The topological polar surface area (TPSA) is 89.5 Å². The molecule has 2 rings (SSSR count). The van der Waals surface area contributed by atoms with Gasteiger partial charge in [-0.15, -0.1) is 0 Å². The van der Waals surface area contributed by atoms with Crippen LogP contribution in [0.25, 0.3) is 0 Å². The second-order valence-electron chi connectivity index (χ2n) is 6.35. The van der Waals surface area contributed by atoms with Gasteiger partial charge < -0.3 is 10.1 Å². The highest BCUT2D eigenvalue weighted by Crippen LogP contribution is 2.13. The highest BCUT2D eigenvalue weighted by Gasteiger charge is 2.19. The van der Waals surface area contributed by atoms with Gasteiger partial charge in [0.15, 0.2) is 15.9 Å². The smallest absolute Gasteiger partial charge is 0.338 e. The maximum absolute atomic E-state index is 12.2. The second-order valence-corrected chi connectivity index (χ2v) is 8.49. The zero-order chi connectivity index (χ0) is 20.0. The second kappa shape index (κ2) is 8.81. The van der Waals surface area contributed by atoms with Crippen molar-refractivity contribution in [1.29, 1.82) is 0 Å². The molecule has 1 unspecified atom stereocenters. The highest BCUT2D eigenvalue weighted by molar-refractivity contribution is 7.89. The van der Waals surface area contributed by atoms with E-state index in [0.717, 1.165) is 18.2 Å². The quantitative estimate of drug-likeness (QED) is 0.736. The lowest BCUT2D eigenvalue weighted by Gasteiger charge is -2.14. The van der Waals surface area contributed by atoms with Crippen LogP contribution in [-0.2, 0) is 31.5 Å². The number of carbonyl (C=O) groups is 2. The average Bonchev–Trinajstić information content (AvgIpc) is 2.61. The van der Waals surface area contributed by atoms with E-state index < -0.39 is 27.8 Å². The number of amides is 1. The first kappa shape index (κ1) is 20.6. The Morgan fingerprint density at radius 3 is 2.07 bits per heavy atom. The predicted octanol–water partition coefficient (Wildman–Crippen LogP) is 2.98. The molecule has 1 atom stereocenters. The molecule has 0 aromatic heterocycles. The molecule has 0 bridgehead atoms. The van der Waals surface area contributed by atoms with Gasteiger partial charge in [-0.25, -0.2) is 13.2 Å². The molecule has 2 aromatic carbocycles. The summed E-state index contributed by atoms with van der Waals surface area (Å²) in [6.07, 6.45) is 1.08. The van der Waals surface area contributed by atoms with Gasteiger partial charge in [-0.3, -0.25) is 4.79 Å². The summed E-state index contributed by atoms with van der Waals surface area (Å²) in [5.74, 6) is -1.18. The van der Waals surface area contributed by atoms with Gasteiger partial charge in [-0.1, -0.05) is 31.2 Å². The Labute approximate surface area is 159 Å². The highest BCUT2D eigenvalue weighted by atomic mass is 32.2. The first-order valence-electron chi connectivity index (χ1n) is 8.55. The number of esters is 1. The molecule has 1 amide bonds. The Balaban J connectivity index is 1.94. The van der Waals surface area contributed by atoms with Crippen molar-refractivity contribution in [2.24, 2.45) is 0 Å². The van der Waals surface area contributed by atoms with Gasteiger partial charge >= 0.3 is 5.97 Å². The third-order valence-corrected chi connectivity index (χ3v) is 4.76. The molecule has 144 valence electrons. The predicted molar refractivity (Wildman–Crippen MR) is 104 cm³/mol. The minimum atomic E-state index is -3.14. The van der Waals surface area contributed by atoms with Crippen LogP contribution in [0.3, 0.4) is 0 Å². The number of ether oxygens (including phenoxy) is 1. The fraction of sp³-hybridized carbons (Fsp3) is 0.300. The van der Waals surface area contributed by atoms with E-state index in [9.17, 15) is 18.0 Å². The number of anilines is 1. The van der Waals surface area contributed by atoms with Crippen molar-refractivity contribution in [2.45, 2.75) is 32.1 Å². The number of hydrogen-bond acceptors (Lipinski definition) is 5. The number of nitrogens with one attached hydrogen (secondary N) is 1. The lowest BCUT2D eigenvalue weighted by Crippen LogP contribution is -2.30. The molecule has 0 radical (unpaired) electrons. The van der Waals surface area contributed by atoms with Crippen LogP contribution in [0.4, 0.5) is 5.69 Å². The molecule has 2 aromatic rings. The summed E-state index contributed by atoms with van der Waals surface area (Å²) >= 11 is 0. The Morgan fingerprint density at radius 1 is 1.00 bits per heavy atom. The molecule has 27 heavy (non-hydrogen) atoms. The van der Waals surface area contributed by atoms with E-state index in [1.807, 2.05) is 19.1 Å². The van der Waals surface area contributed by atoms with Crippen LogP contribution in [0.2, 0.25) is 0 Å². The third-order valence-electron chi connectivity index (χ3n) is 3.90. The maximum Gasteiger partial charge on any atom is 0.338 e. The monoisotopic (exact) mass is 389 g/mol. The first-order chi connectivity index (χ1) is 12.7. The van der Waals surface area contributed by atoms with E-state index >= 15 is 0 Å². The van der Waals surface area contributed by atoms with Gasteiger partial charge in [0, 0.05) is 11.9 Å². The van der Waals surface area contributed by atoms with Crippen LogP contribution in [0.1, 0.15) is 35.3 Å². The summed E-state index contributed by atoms with van der Waals surface area (Å²) in [6.45, 7) is 3.54. The molecular weight excluding hydrogens is 366 g/mol.